The third-order valence-electron chi connectivity index (χ3n) is 5.02. The van der Waals surface area contributed by atoms with Crippen molar-refractivity contribution in [3.63, 3.8) is 0 Å². The van der Waals surface area contributed by atoms with Crippen LogP contribution < -0.4 is 0 Å². The lowest BCUT2D eigenvalue weighted by molar-refractivity contribution is 1.11. The Labute approximate surface area is 177 Å². The van der Waals surface area contributed by atoms with Crippen molar-refractivity contribution in [1.29, 1.82) is 0 Å². The molecule has 2 nitrogen and oxygen atoms in total. The topological polar surface area (TPSA) is 25.8 Å². The maximum absolute atomic E-state index is 4.97. The number of aryl methyl sites for hydroxylation is 2. The monoisotopic (exact) mass is 434 g/mol. The number of benzene rings is 1. The van der Waals surface area contributed by atoms with Gasteiger partial charge in [0.1, 0.15) is 0 Å². The van der Waals surface area contributed by atoms with E-state index in [2.05, 4.69) is 61.0 Å². The van der Waals surface area contributed by atoms with E-state index in [-0.39, 0.29) is 0 Å². The molecule has 28 heavy (non-hydrogen) atoms. The molecule has 136 valence electrons. The van der Waals surface area contributed by atoms with Gasteiger partial charge >= 0.3 is 0 Å². The Hall–Kier alpha value is -2.12. The van der Waals surface area contributed by atoms with Gasteiger partial charge in [-0.3, -0.25) is 0 Å². The molecule has 6 rings (SSSR count). The SMILES string of the molecule is Cc1nc2c3cc(-c4cccs4)sc3c3sc(-c4cccs4)cc3c2nc1C. The van der Waals surface area contributed by atoms with E-state index in [1.807, 2.05) is 22.7 Å². The van der Waals surface area contributed by atoms with E-state index in [9.17, 15) is 0 Å². The van der Waals surface area contributed by atoms with Gasteiger partial charge in [0.25, 0.3) is 0 Å². The number of nitrogens with zero attached hydrogens (tertiary/aromatic N) is 2. The van der Waals surface area contributed by atoms with Gasteiger partial charge < -0.3 is 0 Å². The number of aromatic nitrogens is 2. The number of hydrogen-bond acceptors (Lipinski definition) is 6. The lowest BCUT2D eigenvalue weighted by Crippen LogP contribution is -1.93. The highest BCUT2D eigenvalue weighted by Crippen LogP contribution is 2.47. The van der Waals surface area contributed by atoms with Crippen molar-refractivity contribution in [2.24, 2.45) is 0 Å². The van der Waals surface area contributed by atoms with Crippen LogP contribution in [0.3, 0.4) is 0 Å². The predicted molar refractivity (Wildman–Crippen MR) is 126 cm³/mol. The van der Waals surface area contributed by atoms with Crippen LogP contribution in [-0.2, 0) is 0 Å². The Kier molecular flexibility index (Phi) is 3.71. The van der Waals surface area contributed by atoms with Crippen molar-refractivity contribution in [2.45, 2.75) is 13.8 Å². The maximum atomic E-state index is 4.97. The normalized spacial score (nSPS) is 11.9. The van der Waals surface area contributed by atoms with Crippen LogP contribution in [-0.4, -0.2) is 9.97 Å². The Bertz CT molecular complexity index is 1360. The van der Waals surface area contributed by atoms with E-state index in [1.54, 1.807) is 22.7 Å². The second kappa shape index (κ2) is 6.19. The summed E-state index contributed by atoms with van der Waals surface area (Å²) in [6, 6.07) is 13.2. The molecule has 0 aliphatic carbocycles. The molecule has 0 fully saturated rings. The van der Waals surface area contributed by atoms with E-state index in [4.69, 9.17) is 9.97 Å². The fraction of sp³-hybridized carbons (Fsp3) is 0.0909. The Morgan fingerprint density at radius 2 is 1.11 bits per heavy atom. The van der Waals surface area contributed by atoms with E-state index >= 15 is 0 Å². The average Bonchev–Trinajstić information content (AvgIpc) is 3.46. The zero-order chi connectivity index (χ0) is 18.8. The zero-order valence-electron chi connectivity index (χ0n) is 15.1. The summed E-state index contributed by atoms with van der Waals surface area (Å²) in [5.41, 5.74) is 4.07. The molecular formula is C22H14N2S4. The predicted octanol–water partition coefficient (Wildman–Crippen LogP) is 8.13. The van der Waals surface area contributed by atoms with Crippen LogP contribution in [0.4, 0.5) is 0 Å². The first-order valence-corrected chi connectivity index (χ1v) is 12.3. The molecule has 0 saturated heterocycles. The van der Waals surface area contributed by atoms with Crippen LogP contribution in [0, 0.1) is 13.8 Å². The second-order valence-electron chi connectivity index (χ2n) is 6.75. The number of thiophene rings is 4. The van der Waals surface area contributed by atoms with Crippen molar-refractivity contribution >= 4 is 76.6 Å². The average molecular weight is 435 g/mol. The molecule has 0 radical (unpaired) electrons. The highest BCUT2D eigenvalue weighted by molar-refractivity contribution is 7.32. The van der Waals surface area contributed by atoms with Gasteiger partial charge in [0, 0.05) is 30.3 Å². The summed E-state index contributed by atoms with van der Waals surface area (Å²) in [6.07, 6.45) is 0. The quantitative estimate of drug-likeness (QED) is 0.275. The minimum absolute atomic E-state index is 1.01. The zero-order valence-corrected chi connectivity index (χ0v) is 18.4. The molecule has 0 bridgehead atoms. The minimum Gasteiger partial charge on any atom is -0.249 e. The van der Waals surface area contributed by atoms with Crippen LogP contribution in [0.2, 0.25) is 0 Å². The third kappa shape index (κ3) is 2.42. The highest BCUT2D eigenvalue weighted by Gasteiger charge is 2.19. The van der Waals surface area contributed by atoms with Crippen molar-refractivity contribution in [3.05, 3.63) is 58.5 Å². The van der Waals surface area contributed by atoms with E-state index in [0.29, 0.717) is 0 Å². The van der Waals surface area contributed by atoms with Crippen LogP contribution in [0.25, 0.3) is 50.7 Å². The summed E-state index contributed by atoms with van der Waals surface area (Å²) >= 11 is 7.33. The molecule has 0 amide bonds. The van der Waals surface area contributed by atoms with E-state index < -0.39 is 0 Å². The lowest BCUT2D eigenvalue weighted by Gasteiger charge is -2.05. The second-order valence-corrected chi connectivity index (χ2v) is 10.8. The molecule has 1 aromatic carbocycles. The van der Waals surface area contributed by atoms with Gasteiger partial charge in [0.15, 0.2) is 0 Å². The first kappa shape index (κ1) is 16.8. The van der Waals surface area contributed by atoms with Crippen molar-refractivity contribution < 1.29 is 0 Å². The maximum Gasteiger partial charge on any atom is 0.0984 e. The highest BCUT2D eigenvalue weighted by atomic mass is 32.1. The fourth-order valence-corrected chi connectivity index (χ4v) is 7.66. The fourth-order valence-electron chi connectivity index (χ4n) is 3.53. The molecule has 0 aliphatic heterocycles. The van der Waals surface area contributed by atoms with Crippen molar-refractivity contribution in [3.8, 4) is 19.5 Å². The van der Waals surface area contributed by atoms with Crippen molar-refractivity contribution in [1.82, 2.24) is 9.97 Å². The summed E-state index contributed by atoms with van der Waals surface area (Å²) in [4.78, 5) is 15.2. The van der Waals surface area contributed by atoms with Gasteiger partial charge in [-0.25, -0.2) is 9.97 Å². The summed E-state index contributed by atoms with van der Waals surface area (Å²) in [6.45, 7) is 4.10. The lowest BCUT2D eigenvalue weighted by atomic mass is 10.1. The standard InChI is InChI=1S/C22H14N2S4/c1-11-12(2)24-20-14-10-18(16-6-4-8-26-16)28-22(14)21-13(19(20)23-11)9-17(27-21)15-5-3-7-25-15/h3-10H,1-2H3. The molecule has 0 atom stereocenters. The molecule has 0 unspecified atom stereocenters. The van der Waals surface area contributed by atoms with Crippen LogP contribution in [0.15, 0.2) is 47.2 Å². The Balaban J connectivity index is 1.79. The molecule has 0 aliphatic rings. The number of hydrogen-bond donors (Lipinski definition) is 0. The van der Waals surface area contributed by atoms with Crippen LogP contribution in [0.5, 0.6) is 0 Å². The number of rotatable bonds is 2. The molecular weight excluding hydrogens is 421 g/mol. The van der Waals surface area contributed by atoms with Gasteiger partial charge in [0.05, 0.1) is 31.8 Å². The molecule has 5 heterocycles. The van der Waals surface area contributed by atoms with Gasteiger partial charge in [-0.05, 0) is 48.9 Å². The van der Waals surface area contributed by atoms with Crippen LogP contribution >= 0.6 is 45.3 Å². The molecule has 0 spiro atoms. The third-order valence-corrected chi connectivity index (χ3v) is 9.58. The molecule has 0 N–H and O–H groups in total. The van der Waals surface area contributed by atoms with Gasteiger partial charge in [0.2, 0.25) is 0 Å². The first-order chi connectivity index (χ1) is 13.7. The summed E-state index contributed by atoms with van der Waals surface area (Å²) in [5.74, 6) is 0. The Morgan fingerprint density at radius 3 is 1.50 bits per heavy atom. The largest absolute Gasteiger partial charge is 0.249 e. The molecule has 0 saturated carbocycles. The van der Waals surface area contributed by atoms with E-state index in [1.165, 1.54) is 39.7 Å². The summed E-state index contributed by atoms with van der Waals surface area (Å²) < 4.78 is 2.66. The molecule has 6 aromatic rings. The Morgan fingerprint density at radius 1 is 0.643 bits per heavy atom. The van der Waals surface area contributed by atoms with Gasteiger partial charge in [-0.15, -0.1) is 45.3 Å². The molecule has 6 heteroatoms. The smallest absolute Gasteiger partial charge is 0.0984 e. The van der Waals surface area contributed by atoms with Crippen molar-refractivity contribution in [2.75, 3.05) is 0 Å². The van der Waals surface area contributed by atoms with Gasteiger partial charge in [-0.1, -0.05) is 12.1 Å². The van der Waals surface area contributed by atoms with Gasteiger partial charge in [-0.2, -0.15) is 0 Å². The molecule has 5 aromatic heterocycles. The number of fused-ring (bicyclic) bond motifs is 6. The van der Waals surface area contributed by atoms with Crippen LogP contribution in [0.1, 0.15) is 11.4 Å². The summed E-state index contributed by atoms with van der Waals surface area (Å²) in [7, 11) is 0. The minimum atomic E-state index is 1.01. The summed E-state index contributed by atoms with van der Waals surface area (Å²) in [5, 5.41) is 6.74. The van der Waals surface area contributed by atoms with E-state index in [0.717, 1.165) is 22.4 Å². The first-order valence-electron chi connectivity index (χ1n) is 8.91.